The third-order valence-electron chi connectivity index (χ3n) is 3.89. The van der Waals surface area contributed by atoms with Crippen molar-refractivity contribution in [3.63, 3.8) is 0 Å². The SMILES string of the molecule is CCN(CC)S(=O)(=O)c1ccc(NC(=O)[C@H](C)Oc2ccccc2)cc1. The number of hydrogen-bond acceptors (Lipinski definition) is 4. The van der Waals surface area contributed by atoms with Crippen molar-refractivity contribution in [3.05, 3.63) is 54.6 Å². The van der Waals surface area contributed by atoms with Crippen LogP contribution in [-0.2, 0) is 14.8 Å². The van der Waals surface area contributed by atoms with E-state index >= 15 is 0 Å². The van der Waals surface area contributed by atoms with E-state index in [2.05, 4.69) is 5.32 Å². The predicted octanol–water partition coefficient (Wildman–Crippen LogP) is 3.12. The molecule has 0 bridgehead atoms. The summed E-state index contributed by atoms with van der Waals surface area (Å²) in [6, 6.07) is 15.2. The van der Waals surface area contributed by atoms with E-state index in [1.165, 1.54) is 16.4 Å². The first-order valence-electron chi connectivity index (χ1n) is 8.51. The van der Waals surface area contributed by atoms with Gasteiger partial charge >= 0.3 is 0 Å². The summed E-state index contributed by atoms with van der Waals surface area (Å²) >= 11 is 0. The van der Waals surface area contributed by atoms with Crippen LogP contribution in [0.2, 0.25) is 0 Å². The lowest BCUT2D eigenvalue weighted by molar-refractivity contribution is -0.122. The number of benzene rings is 2. The quantitative estimate of drug-likeness (QED) is 0.768. The van der Waals surface area contributed by atoms with Crippen molar-refractivity contribution in [3.8, 4) is 5.75 Å². The van der Waals surface area contributed by atoms with Gasteiger partial charge in [-0.1, -0.05) is 32.0 Å². The molecule has 0 aliphatic heterocycles. The van der Waals surface area contributed by atoms with Gasteiger partial charge in [0.25, 0.3) is 5.91 Å². The fraction of sp³-hybridized carbons (Fsp3) is 0.316. The van der Waals surface area contributed by atoms with Crippen LogP contribution in [0.5, 0.6) is 5.75 Å². The third kappa shape index (κ3) is 4.83. The minimum absolute atomic E-state index is 0.202. The second-order valence-corrected chi connectivity index (χ2v) is 7.61. The lowest BCUT2D eigenvalue weighted by atomic mass is 10.3. The van der Waals surface area contributed by atoms with E-state index in [1.807, 2.05) is 18.2 Å². The van der Waals surface area contributed by atoms with Crippen LogP contribution in [0.15, 0.2) is 59.5 Å². The van der Waals surface area contributed by atoms with Crippen molar-refractivity contribution >= 4 is 21.6 Å². The summed E-state index contributed by atoms with van der Waals surface area (Å²) in [5.74, 6) is 0.295. The summed E-state index contributed by atoms with van der Waals surface area (Å²) in [5.41, 5.74) is 0.511. The molecule has 0 aliphatic rings. The van der Waals surface area contributed by atoms with Gasteiger partial charge < -0.3 is 10.1 Å². The van der Waals surface area contributed by atoms with E-state index in [0.29, 0.717) is 24.5 Å². The van der Waals surface area contributed by atoms with Gasteiger partial charge in [-0.15, -0.1) is 0 Å². The van der Waals surface area contributed by atoms with Crippen LogP contribution in [0.3, 0.4) is 0 Å². The summed E-state index contributed by atoms with van der Waals surface area (Å²) in [7, 11) is -3.51. The number of nitrogens with zero attached hydrogens (tertiary/aromatic N) is 1. The van der Waals surface area contributed by atoms with Crippen molar-refractivity contribution in [2.45, 2.75) is 31.8 Å². The molecular formula is C19H24N2O4S. The number of ether oxygens (including phenoxy) is 1. The molecule has 0 unspecified atom stereocenters. The zero-order valence-corrected chi connectivity index (χ0v) is 16.0. The highest BCUT2D eigenvalue weighted by Crippen LogP contribution is 2.19. The Balaban J connectivity index is 2.03. The van der Waals surface area contributed by atoms with E-state index in [-0.39, 0.29) is 10.8 Å². The van der Waals surface area contributed by atoms with Gasteiger partial charge in [-0.25, -0.2) is 8.42 Å². The molecule has 26 heavy (non-hydrogen) atoms. The number of amides is 1. The number of sulfonamides is 1. The number of carbonyl (C=O) groups is 1. The highest BCUT2D eigenvalue weighted by Gasteiger charge is 2.21. The first kappa shape index (κ1) is 19.9. The Labute approximate surface area is 154 Å². The van der Waals surface area contributed by atoms with Gasteiger partial charge in [-0.2, -0.15) is 4.31 Å². The van der Waals surface area contributed by atoms with E-state index in [0.717, 1.165) is 0 Å². The molecule has 0 radical (unpaired) electrons. The van der Waals surface area contributed by atoms with E-state index in [1.54, 1.807) is 45.0 Å². The van der Waals surface area contributed by atoms with E-state index in [4.69, 9.17) is 4.74 Å². The number of anilines is 1. The smallest absolute Gasteiger partial charge is 0.265 e. The fourth-order valence-electron chi connectivity index (χ4n) is 2.42. The second kappa shape index (κ2) is 8.82. The van der Waals surface area contributed by atoms with Gasteiger partial charge in [0, 0.05) is 18.8 Å². The lowest BCUT2D eigenvalue weighted by Crippen LogP contribution is -2.31. The molecule has 0 fully saturated rings. The Morgan fingerprint density at radius 2 is 1.62 bits per heavy atom. The summed E-state index contributed by atoms with van der Waals surface area (Å²) in [6.45, 7) is 6.06. The highest BCUT2D eigenvalue weighted by molar-refractivity contribution is 7.89. The van der Waals surface area contributed by atoms with Gasteiger partial charge in [0.1, 0.15) is 5.75 Å². The first-order chi connectivity index (χ1) is 12.4. The minimum atomic E-state index is -3.51. The Morgan fingerprint density at radius 3 is 2.15 bits per heavy atom. The van der Waals surface area contributed by atoms with Crippen LogP contribution in [0.1, 0.15) is 20.8 Å². The highest BCUT2D eigenvalue weighted by atomic mass is 32.2. The predicted molar refractivity (Wildman–Crippen MR) is 102 cm³/mol. The largest absolute Gasteiger partial charge is 0.481 e. The van der Waals surface area contributed by atoms with Crippen LogP contribution < -0.4 is 10.1 Å². The molecule has 2 aromatic rings. The van der Waals surface area contributed by atoms with Crippen molar-refractivity contribution in [2.75, 3.05) is 18.4 Å². The van der Waals surface area contributed by atoms with Gasteiger partial charge in [-0.3, -0.25) is 4.79 Å². The summed E-state index contributed by atoms with van der Waals surface area (Å²) < 4.78 is 31.9. The second-order valence-electron chi connectivity index (χ2n) is 5.68. The molecular weight excluding hydrogens is 352 g/mol. The average molecular weight is 376 g/mol. The van der Waals surface area contributed by atoms with Crippen LogP contribution in [-0.4, -0.2) is 37.8 Å². The number of hydrogen-bond donors (Lipinski definition) is 1. The Morgan fingerprint density at radius 1 is 1.04 bits per heavy atom. The maximum Gasteiger partial charge on any atom is 0.265 e. The molecule has 7 heteroatoms. The van der Waals surface area contributed by atoms with Crippen LogP contribution in [0.25, 0.3) is 0 Å². The van der Waals surface area contributed by atoms with E-state index < -0.39 is 16.1 Å². The first-order valence-corrected chi connectivity index (χ1v) is 9.95. The van der Waals surface area contributed by atoms with Crippen molar-refractivity contribution in [2.24, 2.45) is 0 Å². The topological polar surface area (TPSA) is 75.7 Å². The minimum Gasteiger partial charge on any atom is -0.481 e. The summed E-state index contributed by atoms with van der Waals surface area (Å²) in [5, 5.41) is 2.73. The molecule has 0 aliphatic carbocycles. The van der Waals surface area contributed by atoms with Crippen molar-refractivity contribution in [1.82, 2.24) is 4.31 Å². The third-order valence-corrected chi connectivity index (χ3v) is 5.95. The monoisotopic (exact) mass is 376 g/mol. The number of nitrogens with one attached hydrogen (secondary N) is 1. The summed E-state index contributed by atoms with van der Waals surface area (Å²) in [6.07, 6.45) is -0.684. The molecule has 0 saturated heterocycles. The molecule has 1 amide bonds. The molecule has 1 N–H and O–H groups in total. The number of para-hydroxylation sites is 1. The van der Waals surface area contributed by atoms with Crippen LogP contribution in [0.4, 0.5) is 5.69 Å². The molecule has 0 spiro atoms. The van der Waals surface area contributed by atoms with Crippen LogP contribution in [0, 0.1) is 0 Å². The number of carbonyl (C=O) groups excluding carboxylic acids is 1. The van der Waals surface area contributed by atoms with Crippen molar-refractivity contribution in [1.29, 1.82) is 0 Å². The Kier molecular flexibility index (Phi) is 6.76. The standard InChI is InChI=1S/C19H24N2O4S/c1-4-21(5-2)26(23,24)18-13-11-16(12-14-18)20-19(22)15(3)25-17-9-7-6-8-10-17/h6-15H,4-5H2,1-3H3,(H,20,22)/t15-/m0/s1. The molecule has 0 aromatic heterocycles. The normalized spacial score (nSPS) is 12.6. The van der Waals surface area contributed by atoms with Gasteiger partial charge in [-0.05, 0) is 43.3 Å². The maximum absolute atomic E-state index is 12.5. The zero-order valence-electron chi connectivity index (χ0n) is 15.2. The average Bonchev–Trinajstić information content (AvgIpc) is 2.63. The molecule has 140 valence electrons. The van der Waals surface area contributed by atoms with E-state index in [9.17, 15) is 13.2 Å². The van der Waals surface area contributed by atoms with Gasteiger partial charge in [0.05, 0.1) is 4.90 Å². The maximum atomic E-state index is 12.5. The number of rotatable bonds is 8. The van der Waals surface area contributed by atoms with Crippen molar-refractivity contribution < 1.29 is 17.9 Å². The molecule has 2 aromatic carbocycles. The zero-order chi connectivity index (χ0) is 19.2. The molecule has 0 heterocycles. The molecule has 2 rings (SSSR count). The Bertz CT molecular complexity index is 816. The molecule has 1 atom stereocenters. The Hall–Kier alpha value is -2.38. The van der Waals surface area contributed by atoms with Crippen LogP contribution >= 0.6 is 0 Å². The lowest BCUT2D eigenvalue weighted by Gasteiger charge is -2.19. The summed E-state index contributed by atoms with van der Waals surface area (Å²) in [4.78, 5) is 12.4. The molecule has 6 nitrogen and oxygen atoms in total. The van der Waals surface area contributed by atoms with Gasteiger partial charge in [0.2, 0.25) is 10.0 Å². The van der Waals surface area contributed by atoms with Gasteiger partial charge in [0.15, 0.2) is 6.10 Å². The fourth-order valence-corrected chi connectivity index (χ4v) is 3.88. The molecule has 0 saturated carbocycles.